The van der Waals surface area contributed by atoms with Crippen LogP contribution in [0, 0.1) is 0 Å². The van der Waals surface area contributed by atoms with Gasteiger partial charge in [0.2, 0.25) is 0 Å². The summed E-state index contributed by atoms with van der Waals surface area (Å²) >= 11 is 0. The van der Waals surface area contributed by atoms with Crippen LogP contribution in [0.2, 0.25) is 0 Å². The van der Waals surface area contributed by atoms with Crippen LogP contribution < -0.4 is 5.46 Å². The van der Waals surface area contributed by atoms with Gasteiger partial charge in [0.15, 0.2) is 0 Å². The molecular weight excluding hydrogens is 377 g/mol. The van der Waals surface area contributed by atoms with Crippen LogP contribution in [0.5, 0.6) is 0 Å². The molecule has 6 heteroatoms. The maximum atomic E-state index is 12.6. The van der Waals surface area contributed by atoms with Crippen LogP contribution in [-0.4, -0.2) is 48.0 Å². The quantitative estimate of drug-likeness (QED) is 0.681. The Balaban J connectivity index is 1.59. The molecule has 0 spiro atoms. The number of ether oxygens (including phenoxy) is 1. The molecule has 2 saturated heterocycles. The lowest BCUT2D eigenvalue weighted by Crippen LogP contribution is -2.41. The highest BCUT2D eigenvalue weighted by Gasteiger charge is 2.52. The van der Waals surface area contributed by atoms with Crippen molar-refractivity contribution in [2.24, 2.45) is 0 Å². The van der Waals surface area contributed by atoms with Gasteiger partial charge < -0.3 is 18.9 Å². The zero-order chi connectivity index (χ0) is 21.9. The molecule has 1 atom stereocenters. The number of nitrogens with zero attached hydrogens (tertiary/aromatic N) is 1. The van der Waals surface area contributed by atoms with Gasteiger partial charge in [0.25, 0.3) is 0 Å². The summed E-state index contributed by atoms with van der Waals surface area (Å²) < 4.78 is 18.4. The van der Waals surface area contributed by atoms with E-state index in [4.69, 9.17) is 14.0 Å². The first-order valence-corrected chi connectivity index (χ1v) is 11.3. The lowest BCUT2D eigenvalue weighted by molar-refractivity contribution is 0.00578. The van der Waals surface area contributed by atoms with E-state index in [0.29, 0.717) is 12.5 Å². The molecule has 1 aromatic rings. The van der Waals surface area contributed by atoms with Gasteiger partial charge in [-0.15, -0.1) is 0 Å². The molecule has 164 valence electrons. The van der Waals surface area contributed by atoms with Crippen molar-refractivity contribution in [3.8, 4) is 0 Å². The highest BCUT2D eigenvalue weighted by Crippen LogP contribution is 2.42. The molecule has 4 rings (SSSR count). The summed E-state index contributed by atoms with van der Waals surface area (Å²) in [5.41, 5.74) is 2.55. The van der Waals surface area contributed by atoms with Gasteiger partial charge in [0, 0.05) is 19.0 Å². The molecule has 2 aliphatic heterocycles. The van der Waals surface area contributed by atoms with E-state index in [1.807, 2.05) is 25.7 Å². The summed E-state index contributed by atoms with van der Waals surface area (Å²) in [5.74, 6) is 0.949. The van der Waals surface area contributed by atoms with E-state index in [1.54, 1.807) is 0 Å². The van der Waals surface area contributed by atoms with Crippen molar-refractivity contribution < 1.29 is 18.8 Å². The predicted octanol–water partition coefficient (Wildman–Crippen LogP) is 4.59. The number of carbonyl (C=O) groups is 1. The van der Waals surface area contributed by atoms with Gasteiger partial charge in [-0.05, 0) is 90.2 Å². The second kappa shape index (κ2) is 7.27. The molecule has 0 N–H and O–H groups in total. The molecule has 2 heterocycles. The Morgan fingerprint density at radius 3 is 2.27 bits per heavy atom. The number of rotatable bonds is 3. The lowest BCUT2D eigenvalue weighted by Gasteiger charge is -2.32. The SMILES string of the molecule is CC(C)(C)OC(=O)N1CCC(c2cc(C3CC3)ccc2B2OC(C)(C)C(C)(C)O2)C1. The first-order valence-electron chi connectivity index (χ1n) is 11.3. The smallest absolute Gasteiger partial charge is 0.444 e. The van der Waals surface area contributed by atoms with Crippen LogP contribution in [0.4, 0.5) is 4.79 Å². The average molecular weight is 413 g/mol. The highest BCUT2D eigenvalue weighted by molar-refractivity contribution is 6.62. The predicted molar refractivity (Wildman–Crippen MR) is 119 cm³/mol. The lowest BCUT2D eigenvalue weighted by atomic mass is 9.72. The third-order valence-corrected chi connectivity index (χ3v) is 6.95. The molecule has 3 aliphatic rings. The van der Waals surface area contributed by atoms with Gasteiger partial charge in [-0.3, -0.25) is 0 Å². The normalized spacial score (nSPS) is 25.6. The van der Waals surface area contributed by atoms with Crippen molar-refractivity contribution in [2.75, 3.05) is 13.1 Å². The molecule has 0 aromatic heterocycles. The van der Waals surface area contributed by atoms with Crippen LogP contribution in [0.15, 0.2) is 18.2 Å². The molecule has 3 fully saturated rings. The second-order valence-corrected chi connectivity index (χ2v) is 11.2. The Bertz CT molecular complexity index is 809. The van der Waals surface area contributed by atoms with Gasteiger partial charge in [-0.2, -0.15) is 0 Å². The molecule has 0 bridgehead atoms. The number of hydrogen-bond donors (Lipinski definition) is 0. The maximum Gasteiger partial charge on any atom is 0.495 e. The van der Waals surface area contributed by atoms with Gasteiger partial charge in [0.1, 0.15) is 5.60 Å². The van der Waals surface area contributed by atoms with E-state index in [1.165, 1.54) is 24.0 Å². The third-order valence-electron chi connectivity index (χ3n) is 6.95. The zero-order valence-corrected chi connectivity index (χ0v) is 19.6. The van der Waals surface area contributed by atoms with Crippen molar-refractivity contribution in [2.45, 2.75) is 96.4 Å². The summed E-state index contributed by atoms with van der Waals surface area (Å²) in [7, 11) is -0.381. The Morgan fingerprint density at radius 1 is 1.07 bits per heavy atom. The van der Waals surface area contributed by atoms with Crippen LogP contribution in [0.3, 0.4) is 0 Å². The van der Waals surface area contributed by atoms with Gasteiger partial charge >= 0.3 is 13.2 Å². The highest BCUT2D eigenvalue weighted by atomic mass is 16.7. The molecule has 1 aliphatic carbocycles. The van der Waals surface area contributed by atoms with Crippen molar-refractivity contribution in [1.29, 1.82) is 0 Å². The minimum absolute atomic E-state index is 0.222. The van der Waals surface area contributed by atoms with Gasteiger partial charge in [0.05, 0.1) is 11.2 Å². The minimum Gasteiger partial charge on any atom is -0.444 e. The summed E-state index contributed by atoms with van der Waals surface area (Å²) in [6.45, 7) is 15.5. The number of carbonyl (C=O) groups excluding carboxylic acids is 1. The molecular formula is C24H36BNO4. The Kier molecular flexibility index (Phi) is 5.26. The Hall–Kier alpha value is -1.53. The number of amides is 1. The van der Waals surface area contributed by atoms with E-state index >= 15 is 0 Å². The molecule has 1 amide bonds. The summed E-state index contributed by atoms with van der Waals surface area (Å²) in [6.07, 6.45) is 3.24. The fourth-order valence-corrected chi connectivity index (χ4v) is 4.31. The zero-order valence-electron chi connectivity index (χ0n) is 19.6. The van der Waals surface area contributed by atoms with Gasteiger partial charge in [-0.25, -0.2) is 4.79 Å². The average Bonchev–Trinajstić information content (AvgIpc) is 3.29. The van der Waals surface area contributed by atoms with Crippen LogP contribution in [-0.2, 0) is 14.0 Å². The molecule has 5 nitrogen and oxygen atoms in total. The van der Waals surface area contributed by atoms with Crippen molar-refractivity contribution >= 4 is 18.7 Å². The largest absolute Gasteiger partial charge is 0.495 e. The maximum absolute atomic E-state index is 12.6. The van der Waals surface area contributed by atoms with Gasteiger partial charge in [-0.1, -0.05) is 18.2 Å². The minimum atomic E-state index is -0.477. The Morgan fingerprint density at radius 2 is 1.70 bits per heavy atom. The Labute approximate surface area is 181 Å². The fourth-order valence-electron chi connectivity index (χ4n) is 4.31. The van der Waals surface area contributed by atoms with Crippen molar-refractivity contribution in [1.82, 2.24) is 4.90 Å². The summed E-state index contributed by atoms with van der Waals surface area (Å²) in [4.78, 5) is 14.4. The molecule has 1 aromatic carbocycles. The van der Waals surface area contributed by atoms with Crippen LogP contribution >= 0.6 is 0 Å². The summed E-state index contributed by atoms with van der Waals surface area (Å²) in [5, 5.41) is 0. The van der Waals surface area contributed by atoms with Crippen molar-refractivity contribution in [3.63, 3.8) is 0 Å². The number of hydrogen-bond acceptors (Lipinski definition) is 4. The topological polar surface area (TPSA) is 48.0 Å². The van der Waals surface area contributed by atoms with Crippen molar-refractivity contribution in [3.05, 3.63) is 29.3 Å². The standard InChI is InChI=1S/C24H36BNO4/c1-22(2,3)28-21(27)26-13-12-18(15-26)19-14-17(16-8-9-16)10-11-20(19)25-29-23(4,5)24(6,7)30-25/h10-11,14,16,18H,8-9,12-13,15H2,1-7H3. The number of benzene rings is 1. The van der Waals surface area contributed by atoms with E-state index in [2.05, 4.69) is 45.9 Å². The monoisotopic (exact) mass is 413 g/mol. The van der Waals surface area contributed by atoms with E-state index in [9.17, 15) is 4.79 Å². The van der Waals surface area contributed by atoms with E-state index in [0.717, 1.165) is 18.4 Å². The van der Waals surface area contributed by atoms with Crippen LogP contribution in [0.1, 0.15) is 90.7 Å². The molecule has 1 unspecified atom stereocenters. The third kappa shape index (κ3) is 4.26. The second-order valence-electron chi connectivity index (χ2n) is 11.2. The van der Waals surface area contributed by atoms with E-state index < -0.39 is 5.60 Å². The summed E-state index contributed by atoms with van der Waals surface area (Å²) in [6, 6.07) is 6.78. The van der Waals surface area contributed by atoms with Crippen LogP contribution in [0.25, 0.3) is 0 Å². The number of likely N-dealkylation sites (tertiary alicyclic amines) is 1. The first kappa shape index (κ1) is 21.7. The van der Waals surface area contributed by atoms with E-state index in [-0.39, 0.29) is 30.3 Å². The molecule has 1 saturated carbocycles. The fraction of sp³-hybridized carbons (Fsp3) is 0.708. The molecule has 30 heavy (non-hydrogen) atoms. The first-order chi connectivity index (χ1) is 13.9. The molecule has 0 radical (unpaired) electrons.